The number of nitrogens with one attached hydrogen (secondary N) is 1. The van der Waals surface area contributed by atoms with Crippen LogP contribution in [0.2, 0.25) is 0 Å². The molecule has 1 saturated heterocycles. The van der Waals surface area contributed by atoms with Gasteiger partial charge in [-0.05, 0) is 44.0 Å². The van der Waals surface area contributed by atoms with Crippen LogP contribution in [0.5, 0.6) is 0 Å². The SMILES string of the molecule is CN(CC1CC1)[C@H](CN)C(=O)Nc1ccc(N2CCOCC2=O)cc1F. The predicted molar refractivity (Wildman–Crippen MR) is 96.4 cm³/mol. The van der Waals surface area contributed by atoms with Gasteiger partial charge in [-0.25, -0.2) is 4.39 Å². The van der Waals surface area contributed by atoms with Crippen LogP contribution in [0.25, 0.3) is 0 Å². The molecule has 0 aromatic heterocycles. The zero-order chi connectivity index (χ0) is 18.7. The number of carbonyl (C=O) groups is 2. The first-order chi connectivity index (χ1) is 12.5. The third kappa shape index (κ3) is 4.38. The fraction of sp³-hybridized carbons (Fsp3) is 0.556. The van der Waals surface area contributed by atoms with Gasteiger partial charge < -0.3 is 20.7 Å². The highest BCUT2D eigenvalue weighted by Gasteiger charge is 2.29. The molecule has 1 heterocycles. The number of morpholine rings is 1. The molecule has 1 aliphatic heterocycles. The molecule has 1 aromatic carbocycles. The van der Waals surface area contributed by atoms with Crippen molar-refractivity contribution in [3.63, 3.8) is 0 Å². The fourth-order valence-electron chi connectivity index (χ4n) is 3.10. The molecule has 0 bridgehead atoms. The van der Waals surface area contributed by atoms with Crippen molar-refractivity contribution >= 4 is 23.2 Å². The van der Waals surface area contributed by atoms with Gasteiger partial charge in [-0.2, -0.15) is 0 Å². The first kappa shape index (κ1) is 18.8. The maximum atomic E-state index is 14.5. The summed E-state index contributed by atoms with van der Waals surface area (Å²) in [6.07, 6.45) is 2.36. The zero-order valence-corrected chi connectivity index (χ0v) is 14.9. The molecule has 1 atom stereocenters. The molecule has 142 valence electrons. The first-order valence-corrected chi connectivity index (χ1v) is 8.88. The number of ether oxygens (including phenoxy) is 1. The van der Waals surface area contributed by atoms with Gasteiger partial charge in [0.25, 0.3) is 5.91 Å². The van der Waals surface area contributed by atoms with E-state index >= 15 is 0 Å². The molecule has 0 spiro atoms. The number of carbonyl (C=O) groups excluding carboxylic acids is 2. The van der Waals surface area contributed by atoms with Gasteiger partial charge in [0.15, 0.2) is 0 Å². The van der Waals surface area contributed by atoms with Gasteiger partial charge in [-0.3, -0.25) is 14.5 Å². The van der Waals surface area contributed by atoms with Gasteiger partial charge in [-0.1, -0.05) is 0 Å². The van der Waals surface area contributed by atoms with Gasteiger partial charge in [-0.15, -0.1) is 0 Å². The Morgan fingerprint density at radius 2 is 2.27 bits per heavy atom. The molecule has 0 unspecified atom stereocenters. The van der Waals surface area contributed by atoms with Crippen LogP contribution >= 0.6 is 0 Å². The van der Waals surface area contributed by atoms with Gasteiger partial charge in [0.1, 0.15) is 18.5 Å². The predicted octanol–water partition coefficient (Wildman–Crippen LogP) is 0.797. The molecule has 3 N–H and O–H groups in total. The normalized spacial score (nSPS) is 18.9. The highest BCUT2D eigenvalue weighted by atomic mass is 19.1. The number of nitrogens with two attached hydrogens (primary N) is 1. The maximum absolute atomic E-state index is 14.5. The molecular formula is C18H25FN4O3. The van der Waals surface area contributed by atoms with E-state index in [9.17, 15) is 14.0 Å². The lowest BCUT2D eigenvalue weighted by molar-refractivity contribution is -0.125. The number of likely N-dealkylation sites (N-methyl/N-ethyl adjacent to an activating group) is 1. The monoisotopic (exact) mass is 364 g/mol. The number of anilines is 2. The Bertz CT molecular complexity index is 680. The molecule has 2 amide bonds. The van der Waals surface area contributed by atoms with Crippen LogP contribution in [0.4, 0.5) is 15.8 Å². The summed E-state index contributed by atoms with van der Waals surface area (Å²) in [4.78, 5) is 27.8. The van der Waals surface area contributed by atoms with Crippen LogP contribution in [-0.2, 0) is 14.3 Å². The van der Waals surface area contributed by atoms with E-state index < -0.39 is 11.9 Å². The van der Waals surface area contributed by atoms with Crippen LogP contribution in [0.3, 0.4) is 0 Å². The fourth-order valence-corrected chi connectivity index (χ4v) is 3.10. The van der Waals surface area contributed by atoms with Crippen molar-refractivity contribution in [1.82, 2.24) is 4.90 Å². The number of hydrogen-bond acceptors (Lipinski definition) is 5. The summed E-state index contributed by atoms with van der Waals surface area (Å²) in [6.45, 7) is 1.76. The highest BCUT2D eigenvalue weighted by Crippen LogP contribution is 2.30. The summed E-state index contributed by atoms with van der Waals surface area (Å²) in [6, 6.07) is 3.84. The Hall–Kier alpha value is -2.03. The second-order valence-corrected chi connectivity index (χ2v) is 6.89. The summed E-state index contributed by atoms with van der Waals surface area (Å²) in [7, 11) is 1.86. The van der Waals surface area contributed by atoms with Crippen molar-refractivity contribution < 1.29 is 18.7 Å². The quantitative estimate of drug-likeness (QED) is 0.747. The Morgan fingerprint density at radius 3 is 2.88 bits per heavy atom. The zero-order valence-electron chi connectivity index (χ0n) is 14.9. The van der Waals surface area contributed by atoms with E-state index in [-0.39, 0.29) is 30.7 Å². The van der Waals surface area contributed by atoms with E-state index in [0.717, 1.165) is 6.54 Å². The number of hydrogen-bond donors (Lipinski definition) is 2. The summed E-state index contributed by atoms with van der Waals surface area (Å²) in [5.41, 5.74) is 6.28. The lowest BCUT2D eigenvalue weighted by Crippen LogP contribution is -2.47. The summed E-state index contributed by atoms with van der Waals surface area (Å²) < 4.78 is 19.5. The van der Waals surface area contributed by atoms with Crippen LogP contribution in [0.1, 0.15) is 12.8 Å². The second-order valence-electron chi connectivity index (χ2n) is 6.89. The Morgan fingerprint density at radius 1 is 1.50 bits per heavy atom. The van der Waals surface area contributed by atoms with E-state index in [1.54, 1.807) is 6.07 Å². The van der Waals surface area contributed by atoms with E-state index in [2.05, 4.69) is 5.32 Å². The smallest absolute Gasteiger partial charge is 0.253 e. The summed E-state index contributed by atoms with van der Waals surface area (Å²) >= 11 is 0. The first-order valence-electron chi connectivity index (χ1n) is 8.88. The summed E-state index contributed by atoms with van der Waals surface area (Å²) in [5.74, 6) is -0.498. The van der Waals surface area contributed by atoms with Crippen LogP contribution in [-0.4, -0.2) is 62.7 Å². The minimum absolute atomic E-state index is 0.00832. The van der Waals surface area contributed by atoms with E-state index in [4.69, 9.17) is 10.5 Å². The molecule has 0 radical (unpaired) electrons. The van der Waals surface area contributed by atoms with Crippen molar-refractivity contribution in [2.75, 3.05) is 50.1 Å². The van der Waals surface area contributed by atoms with E-state index in [1.807, 2.05) is 11.9 Å². The van der Waals surface area contributed by atoms with Crippen LogP contribution in [0, 0.1) is 11.7 Å². The van der Waals surface area contributed by atoms with Crippen molar-refractivity contribution in [2.45, 2.75) is 18.9 Å². The third-order valence-electron chi connectivity index (χ3n) is 4.81. The highest BCUT2D eigenvalue weighted by molar-refractivity contribution is 5.97. The standard InChI is InChI=1S/C18H25FN4O3/c1-22(10-12-2-3-12)16(9-20)18(25)21-15-5-4-13(8-14(15)19)23-6-7-26-11-17(23)24/h4-5,8,12,16H,2-3,6-7,9-11,20H2,1H3,(H,21,25)/t16-/m1/s1. The van der Waals surface area contributed by atoms with Gasteiger partial charge in [0.05, 0.1) is 12.3 Å². The van der Waals surface area contributed by atoms with E-state index in [0.29, 0.717) is 24.8 Å². The number of benzene rings is 1. The maximum Gasteiger partial charge on any atom is 0.253 e. The lowest BCUT2D eigenvalue weighted by atomic mass is 10.2. The third-order valence-corrected chi connectivity index (χ3v) is 4.81. The van der Waals surface area contributed by atoms with Crippen LogP contribution in [0.15, 0.2) is 18.2 Å². The minimum Gasteiger partial charge on any atom is -0.370 e. The largest absolute Gasteiger partial charge is 0.370 e. The Labute approximate surface area is 152 Å². The molecule has 8 heteroatoms. The minimum atomic E-state index is -0.587. The molecule has 26 heavy (non-hydrogen) atoms. The molecule has 3 rings (SSSR count). The molecule has 1 saturated carbocycles. The van der Waals surface area contributed by atoms with Crippen molar-refractivity contribution in [3.05, 3.63) is 24.0 Å². The molecule has 1 aliphatic carbocycles. The van der Waals surface area contributed by atoms with Gasteiger partial charge >= 0.3 is 0 Å². The van der Waals surface area contributed by atoms with Gasteiger partial charge in [0, 0.05) is 25.3 Å². The molecule has 1 aromatic rings. The molecular weight excluding hydrogens is 339 g/mol. The Balaban J connectivity index is 1.66. The average molecular weight is 364 g/mol. The van der Waals surface area contributed by atoms with Gasteiger partial charge in [0.2, 0.25) is 5.91 Å². The number of rotatable bonds is 7. The Kier molecular flexibility index (Phi) is 5.85. The number of nitrogens with zero attached hydrogens (tertiary/aromatic N) is 2. The van der Waals surface area contributed by atoms with Crippen LogP contribution < -0.4 is 16.0 Å². The summed E-state index contributed by atoms with van der Waals surface area (Å²) in [5, 5.41) is 2.61. The molecule has 2 aliphatic rings. The van der Waals surface area contributed by atoms with E-state index in [1.165, 1.54) is 29.9 Å². The molecule has 7 nitrogen and oxygen atoms in total. The lowest BCUT2D eigenvalue weighted by Gasteiger charge is -2.27. The number of amides is 2. The average Bonchev–Trinajstić information content (AvgIpc) is 3.42. The number of halogens is 1. The topological polar surface area (TPSA) is 87.9 Å². The van der Waals surface area contributed by atoms with Crippen molar-refractivity contribution in [2.24, 2.45) is 11.7 Å². The second kappa shape index (κ2) is 8.11. The van der Waals surface area contributed by atoms with Crippen molar-refractivity contribution in [1.29, 1.82) is 0 Å². The molecule has 2 fully saturated rings. The van der Waals surface area contributed by atoms with Crippen molar-refractivity contribution in [3.8, 4) is 0 Å².